The van der Waals surface area contributed by atoms with Gasteiger partial charge < -0.3 is 20.1 Å². The molecule has 1 aromatic carbocycles. The minimum absolute atomic E-state index is 0.117. The van der Waals surface area contributed by atoms with Crippen LogP contribution in [-0.2, 0) is 4.79 Å². The van der Waals surface area contributed by atoms with Crippen molar-refractivity contribution >= 4 is 34.8 Å². The smallest absolute Gasteiger partial charge is 0.228 e. The summed E-state index contributed by atoms with van der Waals surface area (Å²) < 4.78 is 10.5. The molecular formula is C16H19ClN4O3. The molecule has 128 valence electrons. The van der Waals surface area contributed by atoms with Crippen LogP contribution in [0.15, 0.2) is 24.3 Å². The first-order valence-corrected chi connectivity index (χ1v) is 7.65. The standard InChI is InChI=1S/C16H19ClN4O3/c1-9(2)16(22)19-15-6-5-14(20-21-15)18-11-8-12(23-3)10(17)7-13(11)24-4/h5-9H,1-4H3,(H,18,20)(H,19,21,22). The largest absolute Gasteiger partial charge is 0.495 e. The van der Waals surface area contributed by atoms with Crippen molar-refractivity contribution < 1.29 is 14.3 Å². The number of carbonyl (C=O) groups is 1. The van der Waals surface area contributed by atoms with E-state index in [1.807, 2.05) is 0 Å². The lowest BCUT2D eigenvalue weighted by Gasteiger charge is -2.13. The van der Waals surface area contributed by atoms with Gasteiger partial charge in [0.05, 0.1) is 24.9 Å². The molecule has 1 heterocycles. The molecule has 0 saturated heterocycles. The Labute approximate surface area is 145 Å². The summed E-state index contributed by atoms with van der Waals surface area (Å²) in [7, 11) is 3.07. The molecule has 0 unspecified atom stereocenters. The number of nitrogens with zero attached hydrogens (tertiary/aromatic N) is 2. The van der Waals surface area contributed by atoms with Crippen molar-refractivity contribution in [3.8, 4) is 11.5 Å². The van der Waals surface area contributed by atoms with E-state index in [1.165, 1.54) is 7.11 Å². The monoisotopic (exact) mass is 350 g/mol. The third-order valence-corrected chi connectivity index (χ3v) is 3.47. The number of amides is 1. The van der Waals surface area contributed by atoms with E-state index in [9.17, 15) is 4.79 Å². The maximum Gasteiger partial charge on any atom is 0.228 e. The number of halogens is 1. The minimum atomic E-state index is -0.129. The molecule has 0 fully saturated rings. The second kappa shape index (κ2) is 7.83. The lowest BCUT2D eigenvalue weighted by molar-refractivity contribution is -0.118. The molecule has 0 saturated carbocycles. The molecule has 0 spiro atoms. The molecule has 1 amide bonds. The number of benzene rings is 1. The highest BCUT2D eigenvalue weighted by Crippen LogP contribution is 2.37. The summed E-state index contributed by atoms with van der Waals surface area (Å²) in [4.78, 5) is 11.6. The van der Waals surface area contributed by atoms with Gasteiger partial charge in [0, 0.05) is 18.1 Å². The van der Waals surface area contributed by atoms with Gasteiger partial charge in [-0.05, 0) is 12.1 Å². The van der Waals surface area contributed by atoms with Crippen LogP contribution in [0.5, 0.6) is 11.5 Å². The minimum Gasteiger partial charge on any atom is -0.495 e. The van der Waals surface area contributed by atoms with Gasteiger partial charge in [-0.2, -0.15) is 0 Å². The fourth-order valence-corrected chi connectivity index (χ4v) is 2.06. The fourth-order valence-electron chi connectivity index (χ4n) is 1.83. The van der Waals surface area contributed by atoms with Crippen molar-refractivity contribution in [2.75, 3.05) is 24.9 Å². The number of ether oxygens (including phenoxy) is 2. The number of anilines is 3. The van der Waals surface area contributed by atoms with Gasteiger partial charge in [0.2, 0.25) is 5.91 Å². The van der Waals surface area contributed by atoms with Gasteiger partial charge in [0.15, 0.2) is 11.6 Å². The molecule has 0 atom stereocenters. The van der Waals surface area contributed by atoms with Gasteiger partial charge >= 0.3 is 0 Å². The van der Waals surface area contributed by atoms with Crippen LogP contribution in [0.4, 0.5) is 17.3 Å². The van der Waals surface area contributed by atoms with Crippen molar-refractivity contribution in [3.05, 3.63) is 29.3 Å². The first-order valence-electron chi connectivity index (χ1n) is 7.27. The second-order valence-electron chi connectivity index (χ2n) is 5.26. The van der Waals surface area contributed by atoms with Crippen molar-refractivity contribution in [3.63, 3.8) is 0 Å². The van der Waals surface area contributed by atoms with E-state index in [4.69, 9.17) is 21.1 Å². The Bertz CT molecular complexity index is 720. The molecule has 1 aromatic heterocycles. The summed E-state index contributed by atoms with van der Waals surface area (Å²) in [6, 6.07) is 6.71. The molecule has 0 bridgehead atoms. The summed E-state index contributed by atoms with van der Waals surface area (Å²) in [6.45, 7) is 3.61. The molecule has 0 aliphatic heterocycles. The summed E-state index contributed by atoms with van der Waals surface area (Å²) in [5.41, 5.74) is 0.631. The predicted molar refractivity (Wildman–Crippen MR) is 93.3 cm³/mol. The Balaban J connectivity index is 2.18. The zero-order valence-electron chi connectivity index (χ0n) is 13.9. The van der Waals surface area contributed by atoms with Crippen LogP contribution < -0.4 is 20.1 Å². The van der Waals surface area contributed by atoms with Gasteiger partial charge in [0.1, 0.15) is 11.5 Å². The topological polar surface area (TPSA) is 85.4 Å². The summed E-state index contributed by atoms with van der Waals surface area (Å²) in [5.74, 6) is 1.68. The second-order valence-corrected chi connectivity index (χ2v) is 5.67. The maximum atomic E-state index is 11.6. The molecular weight excluding hydrogens is 332 g/mol. The summed E-state index contributed by atoms with van der Waals surface area (Å²) >= 11 is 6.08. The molecule has 8 heteroatoms. The third kappa shape index (κ3) is 4.26. The van der Waals surface area contributed by atoms with Gasteiger partial charge in [0.25, 0.3) is 0 Å². The van der Waals surface area contributed by atoms with Crippen LogP contribution in [-0.4, -0.2) is 30.3 Å². The van der Waals surface area contributed by atoms with Crippen LogP contribution in [0.25, 0.3) is 0 Å². The SMILES string of the molecule is COc1cc(Nc2ccc(NC(=O)C(C)C)nn2)c(OC)cc1Cl. The van der Waals surface area contributed by atoms with Crippen LogP contribution in [0.3, 0.4) is 0 Å². The van der Waals surface area contributed by atoms with Crippen LogP contribution in [0.1, 0.15) is 13.8 Å². The lowest BCUT2D eigenvalue weighted by Crippen LogP contribution is -2.18. The quantitative estimate of drug-likeness (QED) is 0.829. The van der Waals surface area contributed by atoms with E-state index in [-0.39, 0.29) is 11.8 Å². The van der Waals surface area contributed by atoms with E-state index in [2.05, 4.69) is 20.8 Å². The number of nitrogens with one attached hydrogen (secondary N) is 2. The zero-order valence-corrected chi connectivity index (χ0v) is 14.6. The van der Waals surface area contributed by atoms with Crippen molar-refractivity contribution in [2.24, 2.45) is 5.92 Å². The number of methoxy groups -OCH3 is 2. The molecule has 0 aliphatic carbocycles. The Kier molecular flexibility index (Phi) is 5.81. The molecule has 24 heavy (non-hydrogen) atoms. The van der Waals surface area contributed by atoms with Gasteiger partial charge in [-0.1, -0.05) is 25.4 Å². The molecule has 0 aliphatic rings. The maximum absolute atomic E-state index is 11.6. The molecule has 2 N–H and O–H groups in total. The third-order valence-electron chi connectivity index (χ3n) is 3.18. The number of aromatic nitrogens is 2. The number of hydrogen-bond acceptors (Lipinski definition) is 6. The fraction of sp³-hybridized carbons (Fsp3) is 0.312. The Morgan fingerprint density at radius 2 is 1.71 bits per heavy atom. The van der Waals surface area contributed by atoms with Crippen molar-refractivity contribution in [1.82, 2.24) is 10.2 Å². The molecule has 0 radical (unpaired) electrons. The van der Waals surface area contributed by atoms with E-state index in [1.54, 1.807) is 45.2 Å². The van der Waals surface area contributed by atoms with Crippen LogP contribution >= 0.6 is 11.6 Å². The summed E-state index contributed by atoms with van der Waals surface area (Å²) in [5, 5.41) is 14.2. The van der Waals surface area contributed by atoms with Crippen LogP contribution in [0.2, 0.25) is 5.02 Å². The van der Waals surface area contributed by atoms with Gasteiger partial charge in [-0.25, -0.2) is 0 Å². The van der Waals surface area contributed by atoms with E-state index in [0.29, 0.717) is 33.8 Å². The van der Waals surface area contributed by atoms with Gasteiger partial charge in [-0.15, -0.1) is 10.2 Å². The van der Waals surface area contributed by atoms with Crippen molar-refractivity contribution in [2.45, 2.75) is 13.8 Å². The number of carbonyl (C=O) groups excluding carboxylic acids is 1. The van der Waals surface area contributed by atoms with Crippen molar-refractivity contribution in [1.29, 1.82) is 0 Å². The van der Waals surface area contributed by atoms with Crippen LogP contribution in [0, 0.1) is 5.92 Å². The van der Waals surface area contributed by atoms with E-state index in [0.717, 1.165) is 0 Å². The Hall–Kier alpha value is -2.54. The Morgan fingerprint density at radius 3 is 2.25 bits per heavy atom. The molecule has 2 aromatic rings. The normalized spacial score (nSPS) is 10.4. The summed E-state index contributed by atoms with van der Waals surface area (Å²) in [6.07, 6.45) is 0. The number of rotatable bonds is 6. The highest BCUT2D eigenvalue weighted by Gasteiger charge is 2.12. The lowest BCUT2D eigenvalue weighted by atomic mass is 10.2. The average Bonchev–Trinajstić information content (AvgIpc) is 2.57. The first-order chi connectivity index (χ1) is 11.4. The Morgan fingerprint density at radius 1 is 1.08 bits per heavy atom. The zero-order chi connectivity index (χ0) is 17.7. The van der Waals surface area contributed by atoms with E-state index >= 15 is 0 Å². The number of hydrogen-bond donors (Lipinski definition) is 2. The average molecular weight is 351 g/mol. The van der Waals surface area contributed by atoms with E-state index < -0.39 is 0 Å². The predicted octanol–water partition coefficient (Wildman–Crippen LogP) is 3.49. The highest BCUT2D eigenvalue weighted by atomic mass is 35.5. The van der Waals surface area contributed by atoms with Gasteiger partial charge in [-0.3, -0.25) is 4.79 Å². The highest BCUT2D eigenvalue weighted by molar-refractivity contribution is 6.32. The molecule has 2 rings (SSSR count). The molecule has 7 nitrogen and oxygen atoms in total. The first kappa shape index (κ1) is 17.8.